The number of benzene rings is 1. The van der Waals surface area contributed by atoms with Crippen molar-refractivity contribution in [1.82, 2.24) is 19.9 Å². The van der Waals surface area contributed by atoms with Crippen molar-refractivity contribution < 1.29 is 9.90 Å². The molecule has 28 heavy (non-hydrogen) atoms. The lowest BCUT2D eigenvalue weighted by Crippen LogP contribution is -2.47. The minimum atomic E-state index is -0.767. The van der Waals surface area contributed by atoms with Gasteiger partial charge in [0.1, 0.15) is 16.9 Å². The minimum absolute atomic E-state index is 0.0408. The molecule has 0 radical (unpaired) electrons. The van der Waals surface area contributed by atoms with E-state index in [4.69, 9.17) is 0 Å². The first-order valence-electron chi connectivity index (χ1n) is 9.33. The van der Waals surface area contributed by atoms with Gasteiger partial charge in [0.15, 0.2) is 0 Å². The number of piperidine rings is 1. The number of likely N-dealkylation sites (tertiary alicyclic amines) is 1. The number of nitrogens with zero attached hydrogens (tertiary/aromatic N) is 4. The Bertz CT molecular complexity index is 951. The molecule has 1 aliphatic rings. The number of carbonyl (C=O) groups excluding carboxylic acids is 1. The first-order chi connectivity index (χ1) is 13.5. The molecule has 6 nitrogen and oxygen atoms in total. The predicted octanol–water partition coefficient (Wildman–Crippen LogP) is 3.12. The number of thiazole rings is 1. The highest BCUT2D eigenvalue weighted by Gasteiger charge is 2.35. The summed E-state index contributed by atoms with van der Waals surface area (Å²) < 4.78 is 0. The van der Waals surface area contributed by atoms with Crippen LogP contribution in [0, 0.1) is 6.92 Å². The van der Waals surface area contributed by atoms with Crippen molar-refractivity contribution in [3.63, 3.8) is 0 Å². The highest BCUT2D eigenvalue weighted by Crippen LogP contribution is 2.31. The van der Waals surface area contributed by atoms with Crippen molar-refractivity contribution in [2.75, 3.05) is 13.1 Å². The number of rotatable bonds is 4. The van der Waals surface area contributed by atoms with Crippen molar-refractivity contribution in [2.24, 2.45) is 0 Å². The molecule has 0 atom stereocenters. The molecule has 0 bridgehead atoms. The van der Waals surface area contributed by atoms with Crippen molar-refractivity contribution >= 4 is 17.2 Å². The molecule has 1 fully saturated rings. The molecule has 0 unspecified atom stereocenters. The molecular formula is C21H22N4O2S. The molecule has 0 saturated carbocycles. The molecule has 3 heterocycles. The number of hydrogen-bond acceptors (Lipinski definition) is 6. The molecule has 0 spiro atoms. The fourth-order valence-electron chi connectivity index (χ4n) is 3.60. The van der Waals surface area contributed by atoms with Gasteiger partial charge in [-0.3, -0.25) is 4.79 Å². The molecule has 7 heteroatoms. The molecule has 1 N–H and O–H groups in total. The van der Waals surface area contributed by atoms with Crippen LogP contribution in [-0.4, -0.2) is 49.6 Å². The Hall–Kier alpha value is -2.64. The Morgan fingerprint density at radius 2 is 1.96 bits per heavy atom. The van der Waals surface area contributed by atoms with E-state index in [2.05, 4.69) is 15.0 Å². The summed E-state index contributed by atoms with van der Waals surface area (Å²) in [6.45, 7) is 2.95. The van der Waals surface area contributed by atoms with Crippen LogP contribution >= 0.6 is 11.3 Å². The highest BCUT2D eigenvalue weighted by atomic mass is 32.1. The van der Waals surface area contributed by atoms with E-state index in [1.807, 2.05) is 42.2 Å². The molecule has 1 amide bonds. The summed E-state index contributed by atoms with van der Waals surface area (Å²) in [6, 6.07) is 11.8. The summed E-state index contributed by atoms with van der Waals surface area (Å²) in [5.74, 6) is -0.0408. The third-order valence-corrected chi connectivity index (χ3v) is 6.07. The van der Waals surface area contributed by atoms with Gasteiger partial charge in [-0.25, -0.2) is 15.0 Å². The first-order valence-corrected chi connectivity index (χ1v) is 10.2. The monoisotopic (exact) mass is 394 g/mol. The molecule has 3 aromatic rings. The second-order valence-electron chi connectivity index (χ2n) is 7.18. The van der Waals surface area contributed by atoms with E-state index < -0.39 is 5.60 Å². The largest absolute Gasteiger partial charge is 0.389 e. The smallest absolute Gasteiger partial charge is 0.266 e. The maximum Gasteiger partial charge on any atom is 0.266 e. The van der Waals surface area contributed by atoms with E-state index in [-0.39, 0.29) is 5.91 Å². The van der Waals surface area contributed by atoms with Crippen molar-refractivity contribution in [3.05, 3.63) is 64.4 Å². The van der Waals surface area contributed by atoms with Crippen molar-refractivity contribution in [3.8, 4) is 11.4 Å². The van der Waals surface area contributed by atoms with Crippen LogP contribution in [0.15, 0.2) is 48.9 Å². The number of hydrogen-bond donors (Lipinski definition) is 1. The zero-order valence-electron chi connectivity index (χ0n) is 15.7. The molecular weight excluding hydrogens is 372 g/mol. The van der Waals surface area contributed by atoms with Gasteiger partial charge in [0, 0.05) is 25.7 Å². The Morgan fingerprint density at radius 1 is 1.21 bits per heavy atom. The van der Waals surface area contributed by atoms with E-state index in [0.29, 0.717) is 48.6 Å². The van der Waals surface area contributed by atoms with Crippen LogP contribution in [0.3, 0.4) is 0 Å². The average molecular weight is 395 g/mol. The molecule has 4 rings (SSSR count). The topological polar surface area (TPSA) is 79.2 Å². The Morgan fingerprint density at radius 3 is 2.64 bits per heavy atom. The Labute approximate surface area is 167 Å². The molecule has 1 saturated heterocycles. The van der Waals surface area contributed by atoms with Gasteiger partial charge in [-0.2, -0.15) is 0 Å². The lowest BCUT2D eigenvalue weighted by molar-refractivity contribution is -0.0161. The maximum atomic E-state index is 13.1. The van der Waals surface area contributed by atoms with Crippen LogP contribution in [0.25, 0.3) is 11.4 Å². The van der Waals surface area contributed by atoms with Crippen molar-refractivity contribution in [2.45, 2.75) is 31.8 Å². The second-order valence-corrected chi connectivity index (χ2v) is 8.39. The van der Waals surface area contributed by atoms with Gasteiger partial charge in [-0.05, 0) is 31.4 Å². The standard InChI is InChI=1S/C21H22N4O2S/c1-15-24-18(17-7-10-22-14-23-17)19(28-15)20(26)25-11-8-21(27,9-12-25)13-16-5-3-2-4-6-16/h2-7,10,14,27H,8-9,11-13H2,1H3. The van der Waals surface area contributed by atoms with Crippen LogP contribution in [0.1, 0.15) is 33.1 Å². The van der Waals surface area contributed by atoms with Crippen LogP contribution in [0.4, 0.5) is 0 Å². The van der Waals surface area contributed by atoms with E-state index in [9.17, 15) is 9.90 Å². The molecule has 0 aliphatic carbocycles. The second kappa shape index (κ2) is 7.77. The number of amides is 1. The molecule has 144 valence electrons. The van der Waals surface area contributed by atoms with Crippen LogP contribution in [0.2, 0.25) is 0 Å². The van der Waals surface area contributed by atoms with Gasteiger partial charge in [-0.15, -0.1) is 11.3 Å². The quantitative estimate of drug-likeness (QED) is 0.735. The fraction of sp³-hybridized carbons (Fsp3) is 0.333. The summed E-state index contributed by atoms with van der Waals surface area (Å²) >= 11 is 1.39. The van der Waals surface area contributed by atoms with Gasteiger partial charge in [0.25, 0.3) is 5.91 Å². The van der Waals surface area contributed by atoms with E-state index in [1.165, 1.54) is 17.7 Å². The van der Waals surface area contributed by atoms with Gasteiger partial charge < -0.3 is 10.0 Å². The summed E-state index contributed by atoms with van der Waals surface area (Å²) in [7, 11) is 0. The van der Waals surface area contributed by atoms with E-state index in [1.54, 1.807) is 12.3 Å². The van der Waals surface area contributed by atoms with Crippen molar-refractivity contribution in [1.29, 1.82) is 0 Å². The van der Waals surface area contributed by atoms with Crippen LogP contribution in [-0.2, 0) is 6.42 Å². The number of carbonyl (C=O) groups is 1. The van der Waals surface area contributed by atoms with Gasteiger partial charge in [0.05, 0.1) is 16.3 Å². The van der Waals surface area contributed by atoms with Gasteiger partial charge in [-0.1, -0.05) is 30.3 Å². The van der Waals surface area contributed by atoms with Gasteiger partial charge >= 0.3 is 0 Å². The number of aromatic nitrogens is 3. The zero-order chi connectivity index (χ0) is 19.6. The SMILES string of the molecule is Cc1nc(-c2ccncn2)c(C(=O)N2CCC(O)(Cc3ccccc3)CC2)s1. The normalized spacial score (nSPS) is 16.1. The van der Waals surface area contributed by atoms with E-state index in [0.717, 1.165) is 10.6 Å². The number of aliphatic hydroxyl groups is 1. The highest BCUT2D eigenvalue weighted by molar-refractivity contribution is 7.14. The molecule has 1 aromatic carbocycles. The minimum Gasteiger partial charge on any atom is -0.389 e. The fourth-order valence-corrected chi connectivity index (χ4v) is 4.49. The first kappa shape index (κ1) is 18.7. The zero-order valence-corrected chi connectivity index (χ0v) is 16.5. The lowest BCUT2D eigenvalue weighted by atomic mass is 9.85. The predicted molar refractivity (Wildman–Crippen MR) is 108 cm³/mol. The van der Waals surface area contributed by atoms with Crippen LogP contribution in [0.5, 0.6) is 0 Å². The molecule has 1 aliphatic heterocycles. The summed E-state index contributed by atoms with van der Waals surface area (Å²) in [5.41, 5.74) is 1.62. The summed E-state index contributed by atoms with van der Waals surface area (Å²) in [4.78, 5) is 28.3. The number of aryl methyl sites for hydroxylation is 1. The Kier molecular flexibility index (Phi) is 5.19. The van der Waals surface area contributed by atoms with Gasteiger partial charge in [0.2, 0.25) is 0 Å². The average Bonchev–Trinajstić information content (AvgIpc) is 3.11. The Balaban J connectivity index is 1.48. The lowest BCUT2D eigenvalue weighted by Gasteiger charge is -2.38. The molecule has 2 aromatic heterocycles. The van der Waals surface area contributed by atoms with Crippen LogP contribution < -0.4 is 0 Å². The van der Waals surface area contributed by atoms with E-state index >= 15 is 0 Å². The summed E-state index contributed by atoms with van der Waals surface area (Å²) in [5, 5.41) is 11.8. The third kappa shape index (κ3) is 3.95. The maximum absolute atomic E-state index is 13.1. The third-order valence-electron chi connectivity index (χ3n) is 5.11. The summed E-state index contributed by atoms with van der Waals surface area (Å²) in [6.07, 6.45) is 4.85.